The van der Waals surface area contributed by atoms with Crippen LogP contribution < -0.4 is 5.32 Å². The molecule has 1 N–H and O–H groups in total. The molecule has 0 amide bonds. The maximum atomic E-state index is 4.66. The van der Waals surface area contributed by atoms with Crippen molar-refractivity contribution in [3.8, 4) is 11.3 Å². The summed E-state index contributed by atoms with van der Waals surface area (Å²) in [6, 6.07) is 2.21. The largest absolute Gasteiger partial charge is 0.362 e. The van der Waals surface area contributed by atoms with Gasteiger partial charge in [0.1, 0.15) is 0 Å². The third kappa shape index (κ3) is 2.58. The van der Waals surface area contributed by atoms with Gasteiger partial charge in [-0.05, 0) is 26.3 Å². The van der Waals surface area contributed by atoms with Crippen molar-refractivity contribution in [1.29, 1.82) is 0 Å². The number of hydrogen-bond donors (Lipinski definition) is 1. The summed E-state index contributed by atoms with van der Waals surface area (Å²) in [6.45, 7) is 7.48. The molecule has 4 heteroatoms. The highest BCUT2D eigenvalue weighted by atomic mass is 32.1. The van der Waals surface area contributed by atoms with Crippen LogP contribution in [0.3, 0.4) is 0 Å². The first-order chi connectivity index (χ1) is 8.63. The molecule has 2 aromatic heterocycles. The maximum absolute atomic E-state index is 4.66. The molecule has 0 spiro atoms. The average molecular weight is 263 g/mol. The highest BCUT2D eigenvalue weighted by Crippen LogP contribution is 2.29. The van der Waals surface area contributed by atoms with Crippen LogP contribution in [0.2, 0.25) is 0 Å². The Hall–Kier alpha value is -1.29. The van der Waals surface area contributed by atoms with E-state index >= 15 is 0 Å². The number of unbranched alkanes of at least 4 members (excludes halogenated alkanes) is 1. The lowest BCUT2D eigenvalue weighted by molar-refractivity contribution is 0.833. The summed E-state index contributed by atoms with van der Waals surface area (Å²) in [6.07, 6.45) is 2.40. The van der Waals surface area contributed by atoms with Crippen LogP contribution in [0.4, 0.5) is 5.13 Å². The van der Waals surface area contributed by atoms with Crippen LogP contribution in [0.15, 0.2) is 11.4 Å². The van der Waals surface area contributed by atoms with Gasteiger partial charge in [0.15, 0.2) is 5.13 Å². The first-order valence-electron chi connectivity index (χ1n) is 6.46. The van der Waals surface area contributed by atoms with E-state index in [0.717, 1.165) is 17.4 Å². The number of nitrogens with zero attached hydrogens (tertiary/aromatic N) is 2. The van der Waals surface area contributed by atoms with Gasteiger partial charge in [0.25, 0.3) is 0 Å². The minimum absolute atomic E-state index is 1.01. The van der Waals surface area contributed by atoms with E-state index in [1.807, 2.05) is 0 Å². The van der Waals surface area contributed by atoms with Gasteiger partial charge in [-0.15, -0.1) is 11.3 Å². The summed E-state index contributed by atoms with van der Waals surface area (Å²) >= 11 is 1.69. The van der Waals surface area contributed by atoms with Gasteiger partial charge in [-0.3, -0.25) is 0 Å². The number of aryl methyl sites for hydroxylation is 1. The Morgan fingerprint density at radius 1 is 1.39 bits per heavy atom. The van der Waals surface area contributed by atoms with Crippen molar-refractivity contribution in [3.63, 3.8) is 0 Å². The maximum Gasteiger partial charge on any atom is 0.183 e. The lowest BCUT2D eigenvalue weighted by Crippen LogP contribution is -2.00. The fraction of sp³-hybridized carbons (Fsp3) is 0.500. The Labute approximate surface area is 113 Å². The van der Waals surface area contributed by atoms with Gasteiger partial charge in [0, 0.05) is 35.9 Å². The number of aromatic nitrogens is 2. The van der Waals surface area contributed by atoms with Crippen LogP contribution in [-0.2, 0) is 7.05 Å². The normalized spacial score (nSPS) is 10.9. The zero-order chi connectivity index (χ0) is 13.1. The standard InChI is InChI=1S/C14H21N3S/c1-5-6-7-15-14-16-13(9-18-14)12-8-10(2)17(4)11(12)3/h8-9H,5-7H2,1-4H3,(H,15,16). The zero-order valence-corrected chi connectivity index (χ0v) is 12.4. The van der Waals surface area contributed by atoms with E-state index in [4.69, 9.17) is 0 Å². The predicted molar refractivity (Wildman–Crippen MR) is 79.4 cm³/mol. The van der Waals surface area contributed by atoms with E-state index in [1.165, 1.54) is 29.8 Å². The van der Waals surface area contributed by atoms with Gasteiger partial charge in [0.2, 0.25) is 0 Å². The smallest absolute Gasteiger partial charge is 0.183 e. The van der Waals surface area contributed by atoms with Gasteiger partial charge in [0.05, 0.1) is 5.69 Å². The fourth-order valence-electron chi connectivity index (χ4n) is 1.97. The van der Waals surface area contributed by atoms with E-state index in [0.29, 0.717) is 0 Å². The average Bonchev–Trinajstić information content (AvgIpc) is 2.91. The van der Waals surface area contributed by atoms with Crippen LogP contribution in [0, 0.1) is 13.8 Å². The van der Waals surface area contributed by atoms with Crippen LogP contribution in [0.1, 0.15) is 31.2 Å². The summed E-state index contributed by atoms with van der Waals surface area (Å²) in [5.41, 5.74) is 4.88. The van der Waals surface area contributed by atoms with Crippen molar-refractivity contribution >= 4 is 16.5 Å². The van der Waals surface area contributed by atoms with Gasteiger partial charge in [-0.2, -0.15) is 0 Å². The number of rotatable bonds is 5. The van der Waals surface area contributed by atoms with E-state index in [-0.39, 0.29) is 0 Å². The molecular weight excluding hydrogens is 242 g/mol. The molecule has 0 saturated carbocycles. The summed E-state index contributed by atoms with van der Waals surface area (Å²) in [5, 5.41) is 6.54. The van der Waals surface area contributed by atoms with Crippen LogP contribution in [0.25, 0.3) is 11.3 Å². The topological polar surface area (TPSA) is 29.9 Å². The molecule has 2 aromatic rings. The van der Waals surface area contributed by atoms with Crippen molar-refractivity contribution in [3.05, 3.63) is 22.8 Å². The number of nitrogens with one attached hydrogen (secondary N) is 1. The fourth-order valence-corrected chi connectivity index (χ4v) is 2.70. The van der Waals surface area contributed by atoms with Crippen LogP contribution in [0.5, 0.6) is 0 Å². The van der Waals surface area contributed by atoms with Crippen molar-refractivity contribution in [2.24, 2.45) is 7.05 Å². The molecule has 0 bridgehead atoms. The van der Waals surface area contributed by atoms with Gasteiger partial charge in [-0.25, -0.2) is 4.98 Å². The van der Waals surface area contributed by atoms with Crippen LogP contribution >= 0.6 is 11.3 Å². The van der Waals surface area contributed by atoms with Crippen molar-refractivity contribution in [2.45, 2.75) is 33.6 Å². The molecule has 3 nitrogen and oxygen atoms in total. The molecule has 98 valence electrons. The van der Waals surface area contributed by atoms with Crippen molar-refractivity contribution in [1.82, 2.24) is 9.55 Å². The quantitative estimate of drug-likeness (QED) is 0.827. The molecule has 18 heavy (non-hydrogen) atoms. The Morgan fingerprint density at radius 2 is 2.17 bits per heavy atom. The summed E-state index contributed by atoms with van der Waals surface area (Å²) in [4.78, 5) is 4.66. The van der Waals surface area contributed by atoms with Gasteiger partial charge >= 0.3 is 0 Å². The molecule has 0 radical (unpaired) electrons. The second-order valence-corrected chi connectivity index (χ2v) is 5.52. The van der Waals surface area contributed by atoms with Gasteiger partial charge in [-0.1, -0.05) is 13.3 Å². The van der Waals surface area contributed by atoms with E-state index < -0.39 is 0 Å². The van der Waals surface area contributed by atoms with E-state index in [2.05, 4.69) is 54.1 Å². The first kappa shape index (κ1) is 13.1. The number of thiazole rings is 1. The molecule has 2 rings (SSSR count). The number of hydrogen-bond acceptors (Lipinski definition) is 3. The summed E-state index contributed by atoms with van der Waals surface area (Å²) < 4.78 is 2.21. The second-order valence-electron chi connectivity index (χ2n) is 4.66. The zero-order valence-electron chi connectivity index (χ0n) is 11.6. The van der Waals surface area contributed by atoms with E-state index in [9.17, 15) is 0 Å². The predicted octanol–water partition coefficient (Wildman–Crippen LogP) is 3.98. The summed E-state index contributed by atoms with van der Waals surface area (Å²) in [5.74, 6) is 0. The molecular formula is C14H21N3S. The molecule has 0 unspecified atom stereocenters. The molecule has 0 aromatic carbocycles. The third-order valence-electron chi connectivity index (χ3n) is 3.36. The Kier molecular flexibility index (Phi) is 4.07. The third-order valence-corrected chi connectivity index (χ3v) is 4.16. The highest BCUT2D eigenvalue weighted by molar-refractivity contribution is 7.14. The first-order valence-corrected chi connectivity index (χ1v) is 7.34. The Morgan fingerprint density at radius 3 is 2.78 bits per heavy atom. The molecule has 0 saturated heterocycles. The molecule has 0 aliphatic rings. The minimum Gasteiger partial charge on any atom is -0.362 e. The molecule has 2 heterocycles. The van der Waals surface area contributed by atoms with E-state index in [1.54, 1.807) is 11.3 Å². The monoisotopic (exact) mass is 263 g/mol. The second kappa shape index (κ2) is 5.57. The molecule has 0 aliphatic heterocycles. The highest BCUT2D eigenvalue weighted by Gasteiger charge is 2.11. The summed E-state index contributed by atoms with van der Waals surface area (Å²) in [7, 11) is 2.10. The Bertz CT molecular complexity index is 525. The van der Waals surface area contributed by atoms with Crippen molar-refractivity contribution in [2.75, 3.05) is 11.9 Å². The SMILES string of the molecule is CCCCNc1nc(-c2cc(C)n(C)c2C)cs1. The minimum atomic E-state index is 1.01. The van der Waals surface area contributed by atoms with Crippen molar-refractivity contribution < 1.29 is 0 Å². The molecule has 0 atom stereocenters. The lowest BCUT2D eigenvalue weighted by Gasteiger charge is -2.01. The lowest BCUT2D eigenvalue weighted by atomic mass is 10.2. The molecule has 0 fully saturated rings. The Balaban J connectivity index is 2.16. The van der Waals surface area contributed by atoms with Crippen LogP contribution in [-0.4, -0.2) is 16.1 Å². The van der Waals surface area contributed by atoms with Gasteiger partial charge < -0.3 is 9.88 Å². The number of anilines is 1. The molecule has 0 aliphatic carbocycles.